The van der Waals surface area contributed by atoms with E-state index in [4.69, 9.17) is 16.3 Å². The van der Waals surface area contributed by atoms with Gasteiger partial charge >= 0.3 is 5.97 Å². The van der Waals surface area contributed by atoms with E-state index in [1.807, 2.05) is 31.2 Å². The fourth-order valence-electron chi connectivity index (χ4n) is 2.20. The Hall–Kier alpha value is -2.82. The molecule has 0 saturated carbocycles. The lowest BCUT2D eigenvalue weighted by atomic mass is 10.1. The molecule has 0 aliphatic carbocycles. The van der Waals surface area contributed by atoms with Gasteiger partial charge in [-0.15, -0.1) is 5.10 Å². The highest BCUT2D eigenvalue weighted by Crippen LogP contribution is 2.19. The van der Waals surface area contributed by atoms with Crippen LogP contribution in [0.15, 0.2) is 53.7 Å². The number of ether oxygens (including phenoxy) is 1. The lowest BCUT2D eigenvalue weighted by Gasteiger charge is -2.03. The number of tetrazole rings is 1. The standard InChI is InChI=1S/C19H15ClN4O2S/c1-14-6-2-3-7-17(14)18(25)26-12-4-5-13-27-19-21-22-23-24(19)16-10-8-15(20)9-11-16/h2-3,6-11H,12-13H2,1H3. The van der Waals surface area contributed by atoms with E-state index < -0.39 is 0 Å². The minimum absolute atomic E-state index is 0.0376. The van der Waals surface area contributed by atoms with Crippen molar-refractivity contribution in [2.45, 2.75) is 12.1 Å². The van der Waals surface area contributed by atoms with Crippen LogP contribution in [0.3, 0.4) is 0 Å². The van der Waals surface area contributed by atoms with Crippen molar-refractivity contribution in [3.63, 3.8) is 0 Å². The summed E-state index contributed by atoms with van der Waals surface area (Å²) in [5, 5.41) is 12.9. The first kappa shape index (κ1) is 19.0. The lowest BCUT2D eigenvalue weighted by molar-refractivity contribution is 0.0556. The number of esters is 1. The SMILES string of the molecule is Cc1ccccc1C(=O)OCC#CCSc1nnnn1-c1ccc(Cl)cc1. The summed E-state index contributed by atoms with van der Waals surface area (Å²) in [5.74, 6) is 5.86. The Balaban J connectivity index is 1.50. The van der Waals surface area contributed by atoms with E-state index in [9.17, 15) is 4.79 Å². The second-order valence-electron chi connectivity index (χ2n) is 5.38. The molecule has 0 atom stereocenters. The molecular weight excluding hydrogens is 384 g/mol. The highest BCUT2D eigenvalue weighted by Gasteiger charge is 2.09. The summed E-state index contributed by atoms with van der Waals surface area (Å²) in [5.41, 5.74) is 2.24. The van der Waals surface area contributed by atoms with E-state index in [1.54, 1.807) is 28.9 Å². The number of aromatic nitrogens is 4. The van der Waals surface area contributed by atoms with Gasteiger partial charge in [0.25, 0.3) is 0 Å². The third-order valence-electron chi connectivity index (χ3n) is 3.55. The minimum atomic E-state index is -0.373. The Bertz CT molecular complexity index is 993. The van der Waals surface area contributed by atoms with E-state index in [0.717, 1.165) is 11.3 Å². The molecule has 0 amide bonds. The van der Waals surface area contributed by atoms with Gasteiger partial charge in [-0.25, -0.2) is 4.79 Å². The van der Waals surface area contributed by atoms with Crippen LogP contribution in [0.25, 0.3) is 5.69 Å². The predicted molar refractivity (Wildman–Crippen MR) is 104 cm³/mol. The smallest absolute Gasteiger partial charge is 0.339 e. The van der Waals surface area contributed by atoms with Crippen LogP contribution in [-0.2, 0) is 4.74 Å². The molecule has 3 rings (SSSR count). The summed E-state index contributed by atoms with van der Waals surface area (Å²) >= 11 is 7.28. The monoisotopic (exact) mass is 398 g/mol. The van der Waals surface area contributed by atoms with Crippen molar-refractivity contribution in [1.82, 2.24) is 20.2 Å². The zero-order chi connectivity index (χ0) is 19.1. The Kier molecular flexibility index (Phi) is 6.47. The number of carbonyl (C=O) groups excluding carboxylic acids is 1. The van der Waals surface area contributed by atoms with Crippen molar-refractivity contribution in [3.8, 4) is 17.5 Å². The van der Waals surface area contributed by atoms with Crippen molar-refractivity contribution in [2.75, 3.05) is 12.4 Å². The quantitative estimate of drug-likeness (QED) is 0.371. The minimum Gasteiger partial charge on any atom is -0.449 e. The first-order valence-electron chi connectivity index (χ1n) is 8.01. The van der Waals surface area contributed by atoms with Crippen LogP contribution in [0.1, 0.15) is 15.9 Å². The molecule has 0 fully saturated rings. The van der Waals surface area contributed by atoms with Gasteiger partial charge in [0, 0.05) is 5.02 Å². The van der Waals surface area contributed by atoms with Crippen LogP contribution < -0.4 is 0 Å². The molecule has 27 heavy (non-hydrogen) atoms. The molecule has 3 aromatic rings. The number of nitrogens with zero attached hydrogens (tertiary/aromatic N) is 4. The summed E-state index contributed by atoms with van der Waals surface area (Å²) in [4.78, 5) is 12.0. The highest BCUT2D eigenvalue weighted by molar-refractivity contribution is 7.99. The molecule has 0 bridgehead atoms. The average molecular weight is 399 g/mol. The second-order valence-corrected chi connectivity index (χ2v) is 6.76. The number of benzene rings is 2. The van der Waals surface area contributed by atoms with E-state index >= 15 is 0 Å². The largest absolute Gasteiger partial charge is 0.449 e. The molecule has 1 aromatic heterocycles. The fourth-order valence-corrected chi connectivity index (χ4v) is 2.99. The van der Waals surface area contributed by atoms with Crippen LogP contribution in [0.4, 0.5) is 0 Å². The maximum Gasteiger partial charge on any atom is 0.339 e. The first-order chi connectivity index (χ1) is 13.1. The number of carbonyl (C=O) groups is 1. The van der Waals surface area contributed by atoms with Crippen molar-refractivity contribution in [1.29, 1.82) is 0 Å². The molecule has 2 aromatic carbocycles. The van der Waals surface area contributed by atoms with E-state index in [2.05, 4.69) is 27.4 Å². The number of hydrogen-bond acceptors (Lipinski definition) is 6. The third-order valence-corrected chi connectivity index (χ3v) is 4.60. The van der Waals surface area contributed by atoms with Crippen molar-refractivity contribution >= 4 is 29.3 Å². The normalized spacial score (nSPS) is 10.1. The number of halogens is 1. The van der Waals surface area contributed by atoms with Gasteiger partial charge in [-0.05, 0) is 53.2 Å². The molecule has 6 nitrogen and oxygen atoms in total. The summed E-state index contributed by atoms with van der Waals surface area (Å²) in [6.07, 6.45) is 0. The van der Waals surface area contributed by atoms with Gasteiger partial charge in [0.2, 0.25) is 5.16 Å². The van der Waals surface area contributed by atoms with Gasteiger partial charge in [-0.2, -0.15) is 4.68 Å². The van der Waals surface area contributed by atoms with Gasteiger partial charge < -0.3 is 4.74 Å². The number of aryl methyl sites for hydroxylation is 1. The zero-order valence-electron chi connectivity index (χ0n) is 14.4. The molecule has 0 radical (unpaired) electrons. The molecule has 0 saturated heterocycles. The molecule has 0 spiro atoms. The second kappa shape index (κ2) is 9.21. The van der Waals surface area contributed by atoms with Crippen LogP contribution in [0.5, 0.6) is 0 Å². The number of hydrogen-bond donors (Lipinski definition) is 0. The molecule has 0 aliphatic heterocycles. The average Bonchev–Trinajstić information content (AvgIpc) is 3.14. The Labute approximate surface area is 165 Å². The third kappa shape index (κ3) is 5.09. The predicted octanol–water partition coefficient (Wildman–Crippen LogP) is 3.58. The molecular formula is C19H15ClN4O2S. The highest BCUT2D eigenvalue weighted by atomic mass is 35.5. The Morgan fingerprint density at radius 3 is 2.74 bits per heavy atom. The fraction of sp³-hybridized carbons (Fsp3) is 0.158. The maximum absolute atomic E-state index is 12.0. The molecule has 8 heteroatoms. The first-order valence-corrected chi connectivity index (χ1v) is 9.37. The van der Waals surface area contributed by atoms with E-state index in [-0.39, 0.29) is 12.6 Å². The van der Waals surface area contributed by atoms with Gasteiger partial charge in [-0.3, -0.25) is 0 Å². The zero-order valence-corrected chi connectivity index (χ0v) is 16.0. The van der Waals surface area contributed by atoms with Gasteiger partial charge in [-0.1, -0.05) is 53.4 Å². The molecule has 1 heterocycles. The maximum atomic E-state index is 12.0. The van der Waals surface area contributed by atoms with Gasteiger partial charge in [0.15, 0.2) is 6.61 Å². The van der Waals surface area contributed by atoms with Crippen molar-refractivity contribution in [2.24, 2.45) is 0 Å². The molecule has 0 unspecified atom stereocenters. The Morgan fingerprint density at radius 1 is 1.19 bits per heavy atom. The molecule has 0 N–H and O–H groups in total. The summed E-state index contributed by atoms with van der Waals surface area (Å²) in [6, 6.07) is 14.5. The van der Waals surface area contributed by atoms with Crippen LogP contribution >= 0.6 is 23.4 Å². The van der Waals surface area contributed by atoms with E-state index in [0.29, 0.717) is 21.5 Å². The summed E-state index contributed by atoms with van der Waals surface area (Å²) in [6.45, 7) is 1.90. The molecule has 0 aliphatic rings. The Morgan fingerprint density at radius 2 is 1.96 bits per heavy atom. The van der Waals surface area contributed by atoms with E-state index in [1.165, 1.54) is 11.8 Å². The van der Waals surface area contributed by atoms with Crippen molar-refractivity contribution < 1.29 is 9.53 Å². The summed E-state index contributed by atoms with van der Waals surface area (Å²) in [7, 11) is 0. The van der Waals surface area contributed by atoms with Crippen molar-refractivity contribution in [3.05, 3.63) is 64.7 Å². The van der Waals surface area contributed by atoms with Gasteiger partial charge in [0.1, 0.15) is 0 Å². The van der Waals surface area contributed by atoms with Crippen LogP contribution in [0.2, 0.25) is 5.02 Å². The topological polar surface area (TPSA) is 69.9 Å². The van der Waals surface area contributed by atoms with Crippen LogP contribution in [0, 0.1) is 18.8 Å². The van der Waals surface area contributed by atoms with Crippen LogP contribution in [-0.4, -0.2) is 38.5 Å². The number of rotatable bonds is 5. The summed E-state index contributed by atoms with van der Waals surface area (Å²) < 4.78 is 6.78. The molecule has 136 valence electrons. The van der Waals surface area contributed by atoms with Gasteiger partial charge in [0.05, 0.1) is 17.0 Å². The number of thioether (sulfide) groups is 1. The lowest BCUT2D eigenvalue weighted by Crippen LogP contribution is -2.07.